The third kappa shape index (κ3) is 4.62. The molecule has 0 saturated carbocycles. The average molecular weight is 319 g/mol. The van der Waals surface area contributed by atoms with Crippen molar-refractivity contribution in [3.63, 3.8) is 0 Å². The molecule has 1 aromatic rings. The third-order valence-electron chi connectivity index (χ3n) is 5.01. The predicted octanol–water partition coefficient (Wildman–Crippen LogP) is 6.93. The van der Waals surface area contributed by atoms with Gasteiger partial charge >= 0.3 is 0 Å². The molecule has 1 aliphatic carbocycles. The van der Waals surface area contributed by atoms with Gasteiger partial charge in [-0.25, -0.2) is 0 Å². The van der Waals surface area contributed by atoms with Crippen molar-refractivity contribution in [2.75, 3.05) is 0 Å². The van der Waals surface area contributed by atoms with Crippen molar-refractivity contribution in [3.8, 4) is 0 Å². The summed E-state index contributed by atoms with van der Waals surface area (Å²) >= 11 is 6.01. The molecule has 0 radical (unpaired) electrons. The number of hydrogen-bond donors (Lipinski definition) is 0. The Labute approximate surface area is 142 Å². The van der Waals surface area contributed by atoms with Gasteiger partial charge in [0.25, 0.3) is 0 Å². The highest BCUT2D eigenvalue weighted by molar-refractivity contribution is 6.30. The monoisotopic (exact) mass is 318 g/mol. The minimum Gasteiger partial charge on any atom is -0.0843 e. The summed E-state index contributed by atoms with van der Waals surface area (Å²) in [7, 11) is 0. The molecule has 122 valence electrons. The van der Waals surface area contributed by atoms with Gasteiger partial charge in [0.05, 0.1) is 0 Å². The van der Waals surface area contributed by atoms with E-state index in [-0.39, 0.29) is 5.41 Å². The molecule has 0 spiro atoms. The molecular weight excluding hydrogens is 288 g/mol. The lowest BCUT2D eigenvalue weighted by Gasteiger charge is -2.40. The predicted molar refractivity (Wildman–Crippen MR) is 98.4 cm³/mol. The van der Waals surface area contributed by atoms with Crippen LogP contribution in [0.1, 0.15) is 59.9 Å². The molecule has 2 rings (SSSR count). The van der Waals surface area contributed by atoms with Gasteiger partial charge < -0.3 is 0 Å². The molecule has 1 aliphatic rings. The first-order valence-corrected chi connectivity index (χ1v) is 8.89. The maximum Gasteiger partial charge on any atom is 0.0406 e. The zero-order valence-electron chi connectivity index (χ0n) is 15.0. The lowest BCUT2D eigenvalue weighted by atomic mass is 9.66. The van der Waals surface area contributed by atoms with Gasteiger partial charge in [-0.1, -0.05) is 76.9 Å². The van der Waals surface area contributed by atoms with Crippen molar-refractivity contribution in [1.29, 1.82) is 0 Å². The van der Waals surface area contributed by atoms with Crippen LogP contribution >= 0.6 is 11.6 Å². The molecule has 2 atom stereocenters. The summed E-state index contributed by atoms with van der Waals surface area (Å²) in [6.45, 7) is 14.2. The number of halogens is 1. The van der Waals surface area contributed by atoms with Crippen LogP contribution in [0.4, 0.5) is 0 Å². The number of hydrogen-bond acceptors (Lipinski definition) is 0. The van der Waals surface area contributed by atoms with Crippen LogP contribution in [0.25, 0.3) is 0 Å². The van der Waals surface area contributed by atoms with Crippen molar-refractivity contribution in [2.45, 2.75) is 60.8 Å². The van der Waals surface area contributed by atoms with E-state index in [2.05, 4.69) is 59.8 Å². The second-order valence-electron chi connectivity index (χ2n) is 9.05. The largest absolute Gasteiger partial charge is 0.0843 e. The summed E-state index contributed by atoms with van der Waals surface area (Å²) in [5.74, 6) is 1.41. The summed E-state index contributed by atoms with van der Waals surface area (Å²) in [5, 5.41) is 0.829. The van der Waals surface area contributed by atoms with Crippen molar-refractivity contribution in [3.05, 3.63) is 46.5 Å². The smallest absolute Gasteiger partial charge is 0.0406 e. The molecule has 2 unspecified atom stereocenters. The van der Waals surface area contributed by atoms with Crippen molar-refractivity contribution < 1.29 is 0 Å². The number of allylic oxidation sites excluding steroid dienone is 2. The van der Waals surface area contributed by atoms with E-state index >= 15 is 0 Å². The Morgan fingerprint density at radius 2 is 1.59 bits per heavy atom. The van der Waals surface area contributed by atoms with Crippen LogP contribution in [0.15, 0.2) is 35.9 Å². The summed E-state index contributed by atoms with van der Waals surface area (Å²) in [6, 6.07) is 8.40. The fourth-order valence-electron chi connectivity index (χ4n) is 3.40. The lowest BCUT2D eigenvalue weighted by molar-refractivity contribution is 0.216. The van der Waals surface area contributed by atoms with Crippen LogP contribution in [0.5, 0.6) is 0 Å². The van der Waals surface area contributed by atoms with Gasteiger partial charge in [-0.3, -0.25) is 0 Å². The topological polar surface area (TPSA) is 0 Å². The van der Waals surface area contributed by atoms with Crippen LogP contribution in [0, 0.1) is 22.7 Å². The highest BCUT2D eigenvalue weighted by Gasteiger charge is 2.33. The molecule has 0 N–H and O–H groups in total. The first-order valence-electron chi connectivity index (χ1n) is 8.51. The quantitative estimate of drug-likeness (QED) is 0.519. The highest BCUT2D eigenvalue weighted by Crippen LogP contribution is 2.44. The molecule has 22 heavy (non-hydrogen) atoms. The molecule has 0 bridgehead atoms. The maximum atomic E-state index is 6.01. The van der Waals surface area contributed by atoms with Gasteiger partial charge in [-0.05, 0) is 59.6 Å². The van der Waals surface area contributed by atoms with Crippen molar-refractivity contribution >= 4 is 11.6 Å². The van der Waals surface area contributed by atoms with E-state index in [0.29, 0.717) is 11.3 Å². The Hall–Kier alpha value is -0.750. The summed E-state index contributed by atoms with van der Waals surface area (Å²) in [4.78, 5) is 0. The van der Waals surface area contributed by atoms with Crippen molar-refractivity contribution in [2.24, 2.45) is 22.7 Å². The Kier molecular flexibility index (Phi) is 5.12. The molecule has 0 aromatic heterocycles. The first-order chi connectivity index (χ1) is 10.1. The van der Waals surface area contributed by atoms with E-state index in [1.807, 2.05) is 12.1 Å². The van der Waals surface area contributed by atoms with E-state index in [1.165, 1.54) is 18.4 Å². The average Bonchev–Trinajstić information content (AvgIpc) is 2.39. The standard InChI is InChI=1S/C21H31Cl/c1-20(2,3)17-12-16(13-18(14-17)21(4,5)6)11-15-7-9-19(22)10-8-15/h7-10,14,16-17H,11-13H2,1-6H3. The van der Waals surface area contributed by atoms with E-state index in [0.717, 1.165) is 17.4 Å². The molecule has 0 nitrogen and oxygen atoms in total. The molecule has 0 amide bonds. The second-order valence-corrected chi connectivity index (χ2v) is 9.49. The highest BCUT2D eigenvalue weighted by atomic mass is 35.5. The fraction of sp³-hybridized carbons (Fsp3) is 0.619. The maximum absolute atomic E-state index is 6.01. The van der Waals surface area contributed by atoms with Crippen molar-refractivity contribution in [1.82, 2.24) is 0 Å². The Bertz CT molecular complexity index is 523. The van der Waals surface area contributed by atoms with Crippen LogP contribution < -0.4 is 0 Å². The zero-order valence-corrected chi connectivity index (χ0v) is 15.8. The molecule has 1 heteroatoms. The summed E-state index contributed by atoms with van der Waals surface area (Å²) < 4.78 is 0. The SMILES string of the molecule is CC(C)(C)C1=CC(C(C)(C)C)CC(Cc2ccc(Cl)cc2)C1. The molecule has 0 fully saturated rings. The van der Waals surface area contributed by atoms with Crippen LogP contribution in [-0.2, 0) is 6.42 Å². The minimum atomic E-state index is 0.280. The first kappa shape index (κ1) is 17.6. The number of rotatable bonds is 2. The Morgan fingerprint density at radius 1 is 1.00 bits per heavy atom. The van der Waals surface area contributed by atoms with Gasteiger partial charge in [-0.2, -0.15) is 0 Å². The Balaban J connectivity index is 2.19. The summed E-state index contributed by atoms with van der Waals surface area (Å²) in [5.41, 5.74) is 3.67. The third-order valence-corrected chi connectivity index (χ3v) is 5.26. The van der Waals surface area contributed by atoms with Gasteiger partial charge in [0.1, 0.15) is 0 Å². The minimum absolute atomic E-state index is 0.280. The van der Waals surface area contributed by atoms with E-state index in [4.69, 9.17) is 11.6 Å². The molecule has 0 aliphatic heterocycles. The fourth-order valence-corrected chi connectivity index (χ4v) is 3.53. The van der Waals surface area contributed by atoms with E-state index in [9.17, 15) is 0 Å². The van der Waals surface area contributed by atoms with Gasteiger partial charge in [0.2, 0.25) is 0 Å². The lowest BCUT2D eigenvalue weighted by Crippen LogP contribution is -2.29. The van der Waals surface area contributed by atoms with Crippen LogP contribution in [-0.4, -0.2) is 0 Å². The second kappa shape index (κ2) is 6.40. The summed E-state index contributed by atoms with van der Waals surface area (Å²) in [6.07, 6.45) is 6.28. The van der Waals surface area contributed by atoms with Gasteiger partial charge in [0, 0.05) is 5.02 Å². The molecule has 0 heterocycles. The van der Waals surface area contributed by atoms with Gasteiger partial charge in [0.15, 0.2) is 0 Å². The number of benzene rings is 1. The Morgan fingerprint density at radius 3 is 2.09 bits per heavy atom. The normalized spacial score (nSPS) is 23.3. The zero-order chi connectivity index (χ0) is 16.5. The van der Waals surface area contributed by atoms with Crippen LogP contribution in [0.3, 0.4) is 0 Å². The van der Waals surface area contributed by atoms with E-state index in [1.54, 1.807) is 5.57 Å². The molecule has 0 saturated heterocycles. The molecular formula is C21H31Cl. The molecule has 1 aromatic carbocycles. The van der Waals surface area contributed by atoms with Gasteiger partial charge in [-0.15, -0.1) is 0 Å². The van der Waals surface area contributed by atoms with Crippen LogP contribution in [0.2, 0.25) is 5.02 Å². The van der Waals surface area contributed by atoms with E-state index < -0.39 is 0 Å².